The van der Waals surface area contributed by atoms with E-state index in [2.05, 4.69) is 53.6 Å². The van der Waals surface area contributed by atoms with Crippen LogP contribution in [0.2, 0.25) is 5.02 Å². The van der Waals surface area contributed by atoms with Gasteiger partial charge in [-0.2, -0.15) is 0 Å². The van der Waals surface area contributed by atoms with Crippen molar-refractivity contribution in [2.75, 3.05) is 0 Å². The van der Waals surface area contributed by atoms with Crippen LogP contribution in [-0.4, -0.2) is 20.0 Å². The fourth-order valence-corrected chi connectivity index (χ4v) is 3.72. The second-order valence-corrected chi connectivity index (χ2v) is 8.11. The van der Waals surface area contributed by atoms with Gasteiger partial charge in [0.1, 0.15) is 5.69 Å². The van der Waals surface area contributed by atoms with Crippen LogP contribution in [-0.2, 0) is 18.0 Å². The summed E-state index contributed by atoms with van der Waals surface area (Å²) in [4.78, 5) is 4.85. The maximum atomic E-state index is 6.03. The standard InChI is InChI=1S/C26H21ClN4O/c1-18-6-8-19(9-7-18)26-14-20(24-4-2-3-5-25(24)28-26)16-32-17-22-15-31(30-29-22)23-12-10-21(27)11-13-23/h2-15H,16-17H2,1H3. The van der Waals surface area contributed by atoms with Crippen LogP contribution >= 0.6 is 11.6 Å². The predicted octanol–water partition coefficient (Wildman–Crippen LogP) is 6.16. The minimum atomic E-state index is 0.365. The smallest absolute Gasteiger partial charge is 0.109 e. The van der Waals surface area contributed by atoms with Crippen LogP contribution in [0.15, 0.2) is 85.1 Å². The lowest BCUT2D eigenvalue weighted by molar-refractivity contribution is 0.105. The second-order valence-electron chi connectivity index (χ2n) is 7.67. The van der Waals surface area contributed by atoms with Crippen LogP contribution in [0.5, 0.6) is 0 Å². The van der Waals surface area contributed by atoms with Gasteiger partial charge in [0.2, 0.25) is 0 Å². The van der Waals surface area contributed by atoms with Crippen molar-refractivity contribution in [1.82, 2.24) is 20.0 Å². The summed E-state index contributed by atoms with van der Waals surface area (Å²) < 4.78 is 7.74. The number of pyridine rings is 1. The molecular weight excluding hydrogens is 420 g/mol. The number of para-hydroxylation sites is 1. The van der Waals surface area contributed by atoms with Gasteiger partial charge in [-0.05, 0) is 48.9 Å². The van der Waals surface area contributed by atoms with Gasteiger partial charge in [0.25, 0.3) is 0 Å². The van der Waals surface area contributed by atoms with Gasteiger partial charge in [-0.3, -0.25) is 0 Å². The number of fused-ring (bicyclic) bond motifs is 1. The third-order valence-electron chi connectivity index (χ3n) is 5.29. The lowest BCUT2D eigenvalue weighted by Gasteiger charge is -2.10. The molecule has 5 aromatic rings. The van der Waals surface area contributed by atoms with E-state index in [0.717, 1.165) is 39.1 Å². The summed E-state index contributed by atoms with van der Waals surface area (Å²) in [6, 6.07) is 26.1. The van der Waals surface area contributed by atoms with E-state index in [1.165, 1.54) is 5.56 Å². The van der Waals surface area contributed by atoms with Crippen molar-refractivity contribution in [2.45, 2.75) is 20.1 Å². The summed E-state index contributed by atoms with van der Waals surface area (Å²) in [6.07, 6.45) is 1.87. The molecule has 0 saturated heterocycles. The number of aromatic nitrogens is 4. The molecule has 0 aliphatic rings. The first-order chi connectivity index (χ1) is 15.7. The Kier molecular flexibility index (Phi) is 5.67. The van der Waals surface area contributed by atoms with E-state index in [9.17, 15) is 0 Å². The number of ether oxygens (including phenoxy) is 1. The van der Waals surface area contributed by atoms with Crippen molar-refractivity contribution in [3.8, 4) is 16.9 Å². The van der Waals surface area contributed by atoms with Gasteiger partial charge in [0.05, 0.1) is 36.3 Å². The highest BCUT2D eigenvalue weighted by Gasteiger charge is 2.09. The first-order valence-corrected chi connectivity index (χ1v) is 10.7. The molecule has 3 aromatic carbocycles. The highest BCUT2D eigenvalue weighted by atomic mass is 35.5. The number of aryl methyl sites for hydroxylation is 1. The minimum absolute atomic E-state index is 0.365. The number of halogens is 1. The Morgan fingerprint density at radius 2 is 1.69 bits per heavy atom. The molecule has 0 spiro atoms. The molecule has 2 heterocycles. The lowest BCUT2D eigenvalue weighted by Crippen LogP contribution is -1.98. The van der Waals surface area contributed by atoms with Crippen LogP contribution in [0.4, 0.5) is 0 Å². The first-order valence-electron chi connectivity index (χ1n) is 10.4. The van der Waals surface area contributed by atoms with Crippen LogP contribution < -0.4 is 0 Å². The average Bonchev–Trinajstić information content (AvgIpc) is 3.29. The quantitative estimate of drug-likeness (QED) is 0.317. The van der Waals surface area contributed by atoms with Crippen molar-refractivity contribution in [3.05, 3.63) is 107 Å². The summed E-state index contributed by atoms with van der Waals surface area (Å²) in [5.74, 6) is 0. The monoisotopic (exact) mass is 440 g/mol. The van der Waals surface area contributed by atoms with Crippen LogP contribution in [0.1, 0.15) is 16.8 Å². The molecule has 0 bridgehead atoms. The third kappa shape index (κ3) is 4.40. The van der Waals surface area contributed by atoms with Crippen LogP contribution in [0.25, 0.3) is 27.8 Å². The first kappa shape index (κ1) is 20.4. The van der Waals surface area contributed by atoms with Crippen molar-refractivity contribution >= 4 is 22.5 Å². The second kappa shape index (κ2) is 8.91. The topological polar surface area (TPSA) is 52.8 Å². The van der Waals surface area contributed by atoms with E-state index in [4.69, 9.17) is 21.3 Å². The third-order valence-corrected chi connectivity index (χ3v) is 5.54. The van der Waals surface area contributed by atoms with Crippen LogP contribution in [0, 0.1) is 6.92 Å². The maximum absolute atomic E-state index is 6.03. The summed E-state index contributed by atoms with van der Waals surface area (Å²) in [7, 11) is 0. The van der Waals surface area contributed by atoms with E-state index >= 15 is 0 Å². The highest BCUT2D eigenvalue weighted by Crippen LogP contribution is 2.26. The Morgan fingerprint density at radius 1 is 0.906 bits per heavy atom. The number of nitrogens with zero attached hydrogens (tertiary/aromatic N) is 4. The van der Waals surface area contributed by atoms with Gasteiger partial charge in [-0.15, -0.1) is 5.10 Å². The number of hydrogen-bond acceptors (Lipinski definition) is 4. The Morgan fingerprint density at radius 3 is 2.50 bits per heavy atom. The minimum Gasteiger partial charge on any atom is -0.370 e. The zero-order valence-electron chi connectivity index (χ0n) is 17.6. The molecule has 5 rings (SSSR count). The number of rotatable bonds is 6. The van der Waals surface area contributed by atoms with Gasteiger partial charge in [0, 0.05) is 16.0 Å². The van der Waals surface area contributed by atoms with E-state index < -0.39 is 0 Å². The Labute approximate surface area is 191 Å². The molecule has 0 aliphatic carbocycles. The molecule has 6 heteroatoms. The summed E-state index contributed by atoms with van der Waals surface area (Å²) in [5, 5.41) is 10.2. The molecule has 0 fully saturated rings. The maximum Gasteiger partial charge on any atom is 0.109 e. The van der Waals surface area contributed by atoms with E-state index in [0.29, 0.717) is 18.2 Å². The fraction of sp³-hybridized carbons (Fsp3) is 0.115. The fourth-order valence-electron chi connectivity index (χ4n) is 3.59. The Balaban J connectivity index is 1.35. The SMILES string of the molecule is Cc1ccc(-c2cc(COCc3cn(-c4ccc(Cl)cc4)nn3)c3ccccc3n2)cc1. The molecule has 0 atom stereocenters. The zero-order valence-corrected chi connectivity index (χ0v) is 18.3. The van der Waals surface area contributed by atoms with Crippen molar-refractivity contribution in [3.63, 3.8) is 0 Å². The van der Waals surface area contributed by atoms with Crippen molar-refractivity contribution in [2.24, 2.45) is 0 Å². The lowest BCUT2D eigenvalue weighted by atomic mass is 10.0. The van der Waals surface area contributed by atoms with Gasteiger partial charge < -0.3 is 4.74 Å². The van der Waals surface area contributed by atoms with Gasteiger partial charge in [-0.25, -0.2) is 9.67 Å². The molecular formula is C26H21ClN4O. The normalized spacial score (nSPS) is 11.2. The van der Waals surface area contributed by atoms with E-state index in [-0.39, 0.29) is 0 Å². The van der Waals surface area contributed by atoms with Crippen LogP contribution in [0.3, 0.4) is 0 Å². The van der Waals surface area contributed by atoms with Crippen molar-refractivity contribution < 1.29 is 4.74 Å². The van der Waals surface area contributed by atoms with E-state index in [1.807, 2.05) is 48.7 Å². The molecule has 0 radical (unpaired) electrons. The Hall–Kier alpha value is -3.54. The number of hydrogen-bond donors (Lipinski definition) is 0. The molecule has 0 unspecified atom stereocenters. The highest BCUT2D eigenvalue weighted by molar-refractivity contribution is 6.30. The summed E-state index contributed by atoms with van der Waals surface area (Å²) in [6.45, 7) is 2.90. The molecule has 2 aromatic heterocycles. The predicted molar refractivity (Wildman–Crippen MR) is 127 cm³/mol. The molecule has 0 amide bonds. The van der Waals surface area contributed by atoms with Gasteiger partial charge in [0.15, 0.2) is 0 Å². The van der Waals surface area contributed by atoms with Gasteiger partial charge >= 0.3 is 0 Å². The van der Waals surface area contributed by atoms with Crippen molar-refractivity contribution in [1.29, 1.82) is 0 Å². The molecule has 158 valence electrons. The number of benzene rings is 3. The molecule has 32 heavy (non-hydrogen) atoms. The average molecular weight is 441 g/mol. The molecule has 0 saturated carbocycles. The molecule has 5 nitrogen and oxygen atoms in total. The summed E-state index contributed by atoms with van der Waals surface area (Å²) >= 11 is 5.96. The van der Waals surface area contributed by atoms with E-state index in [1.54, 1.807) is 4.68 Å². The van der Waals surface area contributed by atoms with Gasteiger partial charge in [-0.1, -0.05) is 64.8 Å². The largest absolute Gasteiger partial charge is 0.370 e. The summed E-state index contributed by atoms with van der Waals surface area (Å²) in [5.41, 5.74) is 6.97. The molecule has 0 aliphatic heterocycles. The zero-order chi connectivity index (χ0) is 21.9. The molecule has 0 N–H and O–H groups in total. The Bertz CT molecular complexity index is 1360.